The standard InChI is InChI=1S/C13H15NO/c1-5-8-14-13-9-12(15-10(2)3)7-6-11(13)4/h5-9H,1-2H2,3-4H3. The highest BCUT2D eigenvalue weighted by atomic mass is 16.5. The topological polar surface area (TPSA) is 21.6 Å². The third-order valence-corrected chi connectivity index (χ3v) is 1.79. The molecule has 0 aliphatic rings. The van der Waals surface area contributed by atoms with E-state index in [-0.39, 0.29) is 0 Å². The van der Waals surface area contributed by atoms with Crippen molar-refractivity contribution in [2.24, 2.45) is 4.99 Å². The molecular formula is C13H15NO. The largest absolute Gasteiger partial charge is 0.463 e. The quantitative estimate of drug-likeness (QED) is 0.536. The summed E-state index contributed by atoms with van der Waals surface area (Å²) in [5.41, 5.74) is 1.98. The first-order chi connectivity index (χ1) is 7.13. The molecule has 15 heavy (non-hydrogen) atoms. The summed E-state index contributed by atoms with van der Waals surface area (Å²) >= 11 is 0. The molecule has 0 aliphatic heterocycles. The van der Waals surface area contributed by atoms with Crippen LogP contribution in [0.1, 0.15) is 12.5 Å². The monoisotopic (exact) mass is 201 g/mol. The number of ether oxygens (including phenoxy) is 1. The van der Waals surface area contributed by atoms with Gasteiger partial charge in [-0.05, 0) is 25.5 Å². The second-order valence-corrected chi connectivity index (χ2v) is 3.27. The highest BCUT2D eigenvalue weighted by Gasteiger charge is 1.99. The van der Waals surface area contributed by atoms with E-state index in [9.17, 15) is 0 Å². The molecule has 0 amide bonds. The fourth-order valence-electron chi connectivity index (χ4n) is 1.13. The average Bonchev–Trinajstić information content (AvgIpc) is 2.18. The third kappa shape index (κ3) is 3.43. The van der Waals surface area contributed by atoms with Crippen LogP contribution in [0, 0.1) is 6.92 Å². The predicted molar refractivity (Wildman–Crippen MR) is 65.0 cm³/mol. The van der Waals surface area contributed by atoms with Crippen LogP contribution >= 0.6 is 0 Å². The van der Waals surface area contributed by atoms with E-state index in [1.54, 1.807) is 12.3 Å². The SMILES string of the molecule is C=CC=Nc1cc(OC(=C)C)ccc1C. The predicted octanol–water partition coefficient (Wildman–Crippen LogP) is 3.80. The molecule has 0 saturated carbocycles. The van der Waals surface area contributed by atoms with Gasteiger partial charge in [0.15, 0.2) is 0 Å². The van der Waals surface area contributed by atoms with Crippen LogP contribution in [0.5, 0.6) is 5.75 Å². The van der Waals surface area contributed by atoms with Gasteiger partial charge in [-0.2, -0.15) is 0 Å². The molecule has 2 nitrogen and oxygen atoms in total. The second kappa shape index (κ2) is 5.15. The maximum absolute atomic E-state index is 5.40. The van der Waals surface area contributed by atoms with E-state index in [0.717, 1.165) is 17.0 Å². The molecule has 0 bridgehead atoms. The summed E-state index contributed by atoms with van der Waals surface area (Å²) in [6, 6.07) is 5.75. The van der Waals surface area contributed by atoms with Crippen LogP contribution in [0.2, 0.25) is 0 Å². The molecule has 1 rings (SSSR count). The van der Waals surface area contributed by atoms with Crippen molar-refractivity contribution in [3.05, 3.63) is 48.8 Å². The number of aliphatic imine (C=N–C) groups is 1. The Labute approximate surface area is 90.6 Å². The molecule has 78 valence electrons. The average molecular weight is 201 g/mol. The zero-order valence-electron chi connectivity index (χ0n) is 9.16. The summed E-state index contributed by atoms with van der Waals surface area (Å²) in [6.45, 7) is 11.1. The van der Waals surface area contributed by atoms with Crippen LogP contribution in [0.4, 0.5) is 5.69 Å². The number of aryl methyl sites for hydroxylation is 1. The molecule has 1 aromatic rings. The lowest BCUT2D eigenvalue weighted by Crippen LogP contribution is -1.88. The summed E-state index contributed by atoms with van der Waals surface area (Å²) in [5.74, 6) is 1.42. The van der Waals surface area contributed by atoms with Crippen LogP contribution in [0.3, 0.4) is 0 Å². The lowest BCUT2D eigenvalue weighted by atomic mass is 10.2. The van der Waals surface area contributed by atoms with Crippen LogP contribution < -0.4 is 4.74 Å². The Morgan fingerprint density at radius 1 is 1.47 bits per heavy atom. The Kier molecular flexibility index (Phi) is 3.86. The van der Waals surface area contributed by atoms with Crippen molar-refractivity contribution in [1.29, 1.82) is 0 Å². The fraction of sp³-hybridized carbons (Fsp3) is 0.154. The molecule has 0 unspecified atom stereocenters. The van der Waals surface area contributed by atoms with Gasteiger partial charge in [0.1, 0.15) is 5.75 Å². The first-order valence-corrected chi connectivity index (χ1v) is 4.72. The van der Waals surface area contributed by atoms with Crippen LogP contribution in [0.25, 0.3) is 0 Å². The smallest absolute Gasteiger partial charge is 0.129 e. The number of nitrogens with zero attached hydrogens (tertiary/aromatic N) is 1. The van der Waals surface area contributed by atoms with Gasteiger partial charge in [-0.25, -0.2) is 0 Å². The van der Waals surface area contributed by atoms with E-state index in [0.29, 0.717) is 5.76 Å². The van der Waals surface area contributed by atoms with E-state index in [1.807, 2.05) is 32.0 Å². The van der Waals surface area contributed by atoms with Gasteiger partial charge in [0.25, 0.3) is 0 Å². The van der Waals surface area contributed by atoms with Gasteiger partial charge >= 0.3 is 0 Å². The molecule has 0 N–H and O–H groups in total. The van der Waals surface area contributed by atoms with E-state index in [1.165, 1.54) is 0 Å². The van der Waals surface area contributed by atoms with Gasteiger partial charge in [0.05, 0.1) is 11.4 Å². The maximum atomic E-state index is 5.40. The Bertz CT molecular complexity index is 405. The minimum atomic E-state index is 0.664. The van der Waals surface area contributed by atoms with Gasteiger partial charge in [0.2, 0.25) is 0 Å². The van der Waals surface area contributed by atoms with Crippen molar-refractivity contribution in [1.82, 2.24) is 0 Å². The van der Waals surface area contributed by atoms with E-state index in [2.05, 4.69) is 18.2 Å². The molecule has 0 radical (unpaired) electrons. The molecule has 2 heteroatoms. The first-order valence-electron chi connectivity index (χ1n) is 4.72. The molecule has 0 aliphatic carbocycles. The highest BCUT2D eigenvalue weighted by molar-refractivity contribution is 5.74. The third-order valence-electron chi connectivity index (χ3n) is 1.79. The normalized spacial score (nSPS) is 10.3. The minimum absolute atomic E-state index is 0.664. The number of allylic oxidation sites excluding steroid dienone is 2. The molecule has 0 spiro atoms. The van der Waals surface area contributed by atoms with Gasteiger partial charge in [-0.1, -0.05) is 25.3 Å². The Hall–Kier alpha value is -1.83. The number of rotatable bonds is 4. The number of hydrogen-bond donors (Lipinski definition) is 0. The minimum Gasteiger partial charge on any atom is -0.463 e. The highest BCUT2D eigenvalue weighted by Crippen LogP contribution is 2.25. The molecule has 0 atom stereocenters. The summed E-state index contributed by atoms with van der Waals surface area (Å²) in [4.78, 5) is 4.24. The molecule has 0 fully saturated rings. The van der Waals surface area contributed by atoms with Crippen LogP contribution in [-0.4, -0.2) is 6.21 Å². The Balaban J connectivity index is 2.99. The summed E-state index contributed by atoms with van der Waals surface area (Å²) in [6.07, 6.45) is 3.30. The molecule has 0 heterocycles. The summed E-state index contributed by atoms with van der Waals surface area (Å²) < 4.78 is 5.40. The summed E-state index contributed by atoms with van der Waals surface area (Å²) in [7, 11) is 0. The zero-order valence-corrected chi connectivity index (χ0v) is 9.16. The van der Waals surface area contributed by atoms with Crippen molar-refractivity contribution < 1.29 is 4.74 Å². The van der Waals surface area contributed by atoms with E-state index in [4.69, 9.17) is 4.74 Å². The zero-order chi connectivity index (χ0) is 11.3. The van der Waals surface area contributed by atoms with Crippen molar-refractivity contribution in [2.45, 2.75) is 13.8 Å². The van der Waals surface area contributed by atoms with Crippen molar-refractivity contribution >= 4 is 11.9 Å². The van der Waals surface area contributed by atoms with Crippen LogP contribution in [0.15, 0.2) is 48.2 Å². The number of hydrogen-bond acceptors (Lipinski definition) is 2. The van der Waals surface area contributed by atoms with E-state index < -0.39 is 0 Å². The second-order valence-electron chi connectivity index (χ2n) is 3.27. The lowest BCUT2D eigenvalue weighted by Gasteiger charge is -2.06. The van der Waals surface area contributed by atoms with Crippen molar-refractivity contribution in [3.8, 4) is 5.75 Å². The van der Waals surface area contributed by atoms with Crippen molar-refractivity contribution in [3.63, 3.8) is 0 Å². The van der Waals surface area contributed by atoms with Gasteiger partial charge in [-0.3, -0.25) is 4.99 Å². The summed E-state index contributed by atoms with van der Waals surface area (Å²) in [5, 5.41) is 0. The molecular weight excluding hydrogens is 186 g/mol. The lowest BCUT2D eigenvalue weighted by molar-refractivity contribution is 0.430. The van der Waals surface area contributed by atoms with Crippen LogP contribution in [-0.2, 0) is 0 Å². The fourth-order valence-corrected chi connectivity index (χ4v) is 1.13. The van der Waals surface area contributed by atoms with Gasteiger partial charge < -0.3 is 4.74 Å². The molecule has 1 aromatic carbocycles. The number of benzene rings is 1. The Morgan fingerprint density at radius 2 is 2.20 bits per heavy atom. The molecule has 0 aromatic heterocycles. The molecule has 0 saturated heterocycles. The maximum Gasteiger partial charge on any atom is 0.129 e. The first kappa shape index (κ1) is 11.2. The van der Waals surface area contributed by atoms with Crippen molar-refractivity contribution in [2.75, 3.05) is 0 Å². The Morgan fingerprint density at radius 3 is 2.80 bits per heavy atom. The van der Waals surface area contributed by atoms with E-state index >= 15 is 0 Å². The van der Waals surface area contributed by atoms with Gasteiger partial charge in [-0.15, -0.1) is 0 Å². The van der Waals surface area contributed by atoms with Gasteiger partial charge in [0, 0.05) is 12.3 Å².